The number of aliphatic hydroxyl groups excluding tert-OH is 1. The van der Waals surface area contributed by atoms with E-state index in [9.17, 15) is 14.7 Å². The molecule has 0 aromatic rings. The van der Waals surface area contributed by atoms with E-state index in [1.54, 1.807) is 20.8 Å². The molecule has 6 heteroatoms. The molecule has 0 radical (unpaired) electrons. The summed E-state index contributed by atoms with van der Waals surface area (Å²) in [5.74, 6) is -0.289. The van der Waals surface area contributed by atoms with Crippen molar-refractivity contribution < 1.29 is 19.4 Å². The first-order chi connectivity index (χ1) is 11.1. The van der Waals surface area contributed by atoms with Crippen LogP contribution in [0.15, 0.2) is 0 Å². The zero-order valence-corrected chi connectivity index (χ0v) is 15.8. The van der Waals surface area contributed by atoms with E-state index >= 15 is 0 Å². The van der Waals surface area contributed by atoms with Gasteiger partial charge < -0.3 is 20.5 Å². The van der Waals surface area contributed by atoms with Crippen LogP contribution < -0.4 is 10.6 Å². The summed E-state index contributed by atoms with van der Waals surface area (Å²) in [6.07, 6.45) is 4.61. The van der Waals surface area contributed by atoms with Gasteiger partial charge in [0.15, 0.2) is 0 Å². The van der Waals surface area contributed by atoms with Gasteiger partial charge in [-0.25, -0.2) is 4.79 Å². The Labute approximate surface area is 145 Å². The molecule has 0 saturated heterocycles. The van der Waals surface area contributed by atoms with Crippen LogP contribution in [0.5, 0.6) is 0 Å². The number of carbonyl (C=O) groups excluding carboxylic acids is 2. The van der Waals surface area contributed by atoms with E-state index in [2.05, 4.69) is 10.6 Å². The molecule has 1 aliphatic carbocycles. The highest BCUT2D eigenvalue weighted by Crippen LogP contribution is 2.35. The van der Waals surface area contributed by atoms with Crippen molar-refractivity contribution in [2.45, 2.75) is 78.4 Å². The third-order valence-electron chi connectivity index (χ3n) is 4.51. The van der Waals surface area contributed by atoms with Crippen LogP contribution in [-0.2, 0) is 9.53 Å². The Bertz CT molecular complexity index is 423. The van der Waals surface area contributed by atoms with Crippen LogP contribution >= 0.6 is 0 Å². The second kappa shape index (κ2) is 8.70. The molecule has 1 unspecified atom stereocenters. The van der Waals surface area contributed by atoms with Crippen LogP contribution in [0.25, 0.3) is 0 Å². The number of alkyl carbamates (subject to hydrolysis) is 1. The van der Waals surface area contributed by atoms with Crippen LogP contribution in [0.1, 0.15) is 66.7 Å². The first kappa shape index (κ1) is 20.7. The molecule has 0 aliphatic heterocycles. The SMILES string of the molecule is CC(C)C(NC(=O)OC(C)(C)C)C(=O)NCC1(CO)CCCCC1. The highest BCUT2D eigenvalue weighted by molar-refractivity contribution is 5.85. The molecular weight excluding hydrogens is 308 g/mol. The van der Waals surface area contributed by atoms with Crippen LogP contribution in [0, 0.1) is 11.3 Å². The van der Waals surface area contributed by atoms with Crippen molar-refractivity contribution in [1.82, 2.24) is 10.6 Å². The number of hydrogen-bond acceptors (Lipinski definition) is 4. The number of rotatable bonds is 6. The minimum absolute atomic E-state index is 0.0612. The maximum absolute atomic E-state index is 12.5. The third-order valence-corrected chi connectivity index (χ3v) is 4.51. The first-order valence-corrected chi connectivity index (χ1v) is 8.97. The minimum atomic E-state index is -0.654. The Hall–Kier alpha value is -1.30. The minimum Gasteiger partial charge on any atom is -0.444 e. The lowest BCUT2D eigenvalue weighted by molar-refractivity contribution is -0.125. The van der Waals surface area contributed by atoms with Gasteiger partial charge in [0.2, 0.25) is 5.91 Å². The molecule has 0 spiro atoms. The fraction of sp³-hybridized carbons (Fsp3) is 0.889. The number of hydrogen-bond donors (Lipinski definition) is 3. The second-order valence-electron chi connectivity index (χ2n) is 8.30. The number of carbonyl (C=O) groups is 2. The number of amides is 2. The number of nitrogens with one attached hydrogen (secondary N) is 2. The molecular formula is C18H34N2O4. The van der Waals surface area contributed by atoms with Gasteiger partial charge in [-0.05, 0) is 39.5 Å². The quantitative estimate of drug-likeness (QED) is 0.692. The van der Waals surface area contributed by atoms with Gasteiger partial charge in [-0.1, -0.05) is 33.1 Å². The van der Waals surface area contributed by atoms with Gasteiger partial charge in [-0.2, -0.15) is 0 Å². The summed E-state index contributed by atoms with van der Waals surface area (Å²) in [7, 11) is 0. The molecule has 140 valence electrons. The maximum atomic E-state index is 12.5. The average Bonchev–Trinajstić information content (AvgIpc) is 2.49. The van der Waals surface area contributed by atoms with Crippen molar-refractivity contribution >= 4 is 12.0 Å². The Balaban J connectivity index is 2.61. The summed E-state index contributed by atoms with van der Waals surface area (Å²) in [6.45, 7) is 9.64. The zero-order chi connectivity index (χ0) is 18.4. The smallest absolute Gasteiger partial charge is 0.408 e. The molecule has 1 atom stereocenters. The van der Waals surface area contributed by atoms with Crippen molar-refractivity contribution in [3.63, 3.8) is 0 Å². The van der Waals surface area contributed by atoms with Gasteiger partial charge in [0.25, 0.3) is 0 Å². The molecule has 2 amide bonds. The molecule has 0 bridgehead atoms. The van der Waals surface area contributed by atoms with E-state index in [1.807, 2.05) is 13.8 Å². The second-order valence-corrected chi connectivity index (χ2v) is 8.30. The monoisotopic (exact) mass is 342 g/mol. The number of ether oxygens (including phenoxy) is 1. The highest BCUT2D eigenvalue weighted by atomic mass is 16.6. The van der Waals surface area contributed by atoms with Crippen molar-refractivity contribution in [3.05, 3.63) is 0 Å². The topological polar surface area (TPSA) is 87.7 Å². The van der Waals surface area contributed by atoms with E-state index in [4.69, 9.17) is 4.74 Å². The van der Waals surface area contributed by atoms with Crippen molar-refractivity contribution in [2.24, 2.45) is 11.3 Å². The predicted octanol–water partition coefficient (Wildman–Crippen LogP) is 2.59. The molecule has 3 N–H and O–H groups in total. The Morgan fingerprint density at radius 2 is 1.75 bits per heavy atom. The van der Waals surface area contributed by atoms with E-state index in [0.717, 1.165) is 25.7 Å². The van der Waals surface area contributed by atoms with Crippen molar-refractivity contribution in [2.75, 3.05) is 13.2 Å². The Morgan fingerprint density at radius 1 is 1.17 bits per heavy atom. The molecule has 6 nitrogen and oxygen atoms in total. The molecule has 0 aromatic heterocycles. The molecule has 1 saturated carbocycles. The summed E-state index contributed by atoms with van der Waals surface area (Å²) >= 11 is 0. The van der Waals surface area contributed by atoms with Crippen LogP contribution in [0.4, 0.5) is 4.79 Å². The van der Waals surface area contributed by atoms with Gasteiger partial charge in [0.05, 0.1) is 6.61 Å². The maximum Gasteiger partial charge on any atom is 0.408 e. The van der Waals surface area contributed by atoms with E-state index in [0.29, 0.717) is 6.54 Å². The molecule has 0 aromatic carbocycles. The lowest BCUT2D eigenvalue weighted by Crippen LogP contribution is -2.53. The molecule has 1 aliphatic rings. The fourth-order valence-corrected chi connectivity index (χ4v) is 3.05. The molecule has 0 heterocycles. The Kier molecular flexibility index (Phi) is 7.52. The van der Waals surface area contributed by atoms with Gasteiger partial charge in [0.1, 0.15) is 11.6 Å². The van der Waals surface area contributed by atoms with E-state index < -0.39 is 17.7 Å². The highest BCUT2D eigenvalue weighted by Gasteiger charge is 2.33. The normalized spacial score (nSPS) is 18.8. The van der Waals surface area contributed by atoms with Crippen molar-refractivity contribution in [3.8, 4) is 0 Å². The summed E-state index contributed by atoms with van der Waals surface area (Å²) in [4.78, 5) is 24.5. The van der Waals surface area contributed by atoms with Crippen LogP contribution in [-0.4, -0.2) is 41.9 Å². The van der Waals surface area contributed by atoms with Gasteiger partial charge in [-0.3, -0.25) is 4.79 Å². The molecule has 24 heavy (non-hydrogen) atoms. The molecule has 1 fully saturated rings. The van der Waals surface area contributed by atoms with E-state index in [-0.39, 0.29) is 23.8 Å². The largest absolute Gasteiger partial charge is 0.444 e. The van der Waals surface area contributed by atoms with Gasteiger partial charge in [-0.15, -0.1) is 0 Å². The van der Waals surface area contributed by atoms with E-state index in [1.165, 1.54) is 6.42 Å². The predicted molar refractivity (Wildman–Crippen MR) is 93.6 cm³/mol. The summed E-state index contributed by atoms with van der Waals surface area (Å²) in [5, 5.41) is 15.3. The lowest BCUT2D eigenvalue weighted by Gasteiger charge is -2.36. The third kappa shape index (κ3) is 6.67. The fourth-order valence-electron chi connectivity index (χ4n) is 3.05. The van der Waals surface area contributed by atoms with Crippen LogP contribution in [0.3, 0.4) is 0 Å². The van der Waals surface area contributed by atoms with Crippen LogP contribution in [0.2, 0.25) is 0 Å². The standard InChI is InChI=1S/C18H34N2O4/c1-13(2)14(20-16(23)24-17(3,4)5)15(22)19-11-18(12-21)9-7-6-8-10-18/h13-14,21H,6-12H2,1-5H3,(H,19,22)(H,20,23). The summed E-state index contributed by atoms with van der Waals surface area (Å²) < 4.78 is 5.23. The molecule has 1 rings (SSSR count). The van der Waals surface area contributed by atoms with Crippen molar-refractivity contribution in [1.29, 1.82) is 0 Å². The lowest BCUT2D eigenvalue weighted by atomic mass is 9.74. The van der Waals surface area contributed by atoms with Gasteiger partial charge in [0, 0.05) is 12.0 Å². The Morgan fingerprint density at radius 3 is 2.21 bits per heavy atom. The number of aliphatic hydroxyl groups is 1. The summed E-state index contributed by atoms with van der Waals surface area (Å²) in [6, 6.07) is -0.654. The zero-order valence-electron chi connectivity index (χ0n) is 15.8. The summed E-state index contributed by atoms with van der Waals surface area (Å²) in [5.41, 5.74) is -0.827. The van der Waals surface area contributed by atoms with Gasteiger partial charge >= 0.3 is 6.09 Å². The first-order valence-electron chi connectivity index (χ1n) is 8.97. The average molecular weight is 342 g/mol.